The minimum absolute atomic E-state index is 0.0189. The van der Waals surface area contributed by atoms with E-state index in [-0.39, 0.29) is 18.2 Å². The molecule has 0 unspecified atom stereocenters. The Hall–Kier alpha value is -3.69. The van der Waals surface area contributed by atoms with Crippen molar-refractivity contribution in [1.29, 1.82) is 0 Å². The van der Waals surface area contributed by atoms with Crippen molar-refractivity contribution in [3.8, 4) is 11.3 Å². The number of pyridine rings is 1. The quantitative estimate of drug-likeness (QED) is 0.351. The van der Waals surface area contributed by atoms with E-state index < -0.39 is 24.6 Å². The van der Waals surface area contributed by atoms with Gasteiger partial charge in [-0.15, -0.1) is 0 Å². The Morgan fingerprint density at radius 2 is 1.76 bits per heavy atom. The molecule has 0 saturated carbocycles. The van der Waals surface area contributed by atoms with Crippen molar-refractivity contribution in [2.75, 3.05) is 5.32 Å². The van der Waals surface area contributed by atoms with Crippen LogP contribution in [0, 0.1) is 5.82 Å². The van der Waals surface area contributed by atoms with Crippen molar-refractivity contribution in [3.63, 3.8) is 0 Å². The molecule has 34 heavy (non-hydrogen) atoms. The number of aliphatic hydroxyl groups excluding tert-OH is 2. The minimum atomic E-state index is -1.18. The zero-order valence-electron chi connectivity index (χ0n) is 18.9. The number of halogens is 1. The number of carboxylic acid groups (broad SMARTS) is 1. The van der Waals surface area contributed by atoms with Gasteiger partial charge in [-0.3, -0.25) is 9.78 Å². The predicted octanol–water partition coefficient (Wildman–Crippen LogP) is 4.14. The van der Waals surface area contributed by atoms with E-state index in [0.717, 1.165) is 5.69 Å². The number of benzene rings is 1. The van der Waals surface area contributed by atoms with Gasteiger partial charge in [0.05, 0.1) is 30.0 Å². The SMILES string of the molecule is CC(C)c1nc(Nc2ccncc2)nc(-c2ccc(F)cc2)c1/C=C/[C@@H](O)C[C@@H](O)CC(=O)O. The number of rotatable bonds is 10. The summed E-state index contributed by atoms with van der Waals surface area (Å²) in [7, 11) is 0. The second-order valence-electron chi connectivity index (χ2n) is 8.13. The highest BCUT2D eigenvalue weighted by Crippen LogP contribution is 2.31. The smallest absolute Gasteiger partial charge is 0.305 e. The molecule has 4 N–H and O–H groups in total. The number of nitrogens with zero attached hydrogens (tertiary/aromatic N) is 3. The van der Waals surface area contributed by atoms with E-state index in [1.165, 1.54) is 18.2 Å². The monoisotopic (exact) mass is 466 g/mol. The van der Waals surface area contributed by atoms with Crippen molar-refractivity contribution in [2.45, 2.75) is 44.8 Å². The Balaban J connectivity index is 2.03. The Labute approximate surface area is 196 Å². The fourth-order valence-electron chi connectivity index (χ4n) is 3.39. The van der Waals surface area contributed by atoms with Crippen LogP contribution in [0.2, 0.25) is 0 Å². The van der Waals surface area contributed by atoms with Gasteiger partial charge in [0.1, 0.15) is 5.82 Å². The van der Waals surface area contributed by atoms with Crippen molar-refractivity contribution in [3.05, 3.63) is 71.9 Å². The van der Waals surface area contributed by atoms with Gasteiger partial charge >= 0.3 is 5.97 Å². The van der Waals surface area contributed by atoms with E-state index in [2.05, 4.69) is 20.3 Å². The van der Waals surface area contributed by atoms with Gasteiger partial charge in [0, 0.05) is 35.6 Å². The van der Waals surface area contributed by atoms with E-state index in [1.807, 2.05) is 13.8 Å². The highest BCUT2D eigenvalue weighted by atomic mass is 19.1. The molecule has 178 valence electrons. The second kappa shape index (κ2) is 11.4. The topological polar surface area (TPSA) is 128 Å². The first-order chi connectivity index (χ1) is 16.2. The van der Waals surface area contributed by atoms with Crippen LogP contribution in [0.1, 0.15) is 43.9 Å². The molecule has 0 aliphatic carbocycles. The van der Waals surface area contributed by atoms with Gasteiger partial charge in [0.25, 0.3) is 0 Å². The van der Waals surface area contributed by atoms with E-state index in [4.69, 9.17) is 5.11 Å². The van der Waals surface area contributed by atoms with Crippen LogP contribution in [0.25, 0.3) is 17.3 Å². The van der Waals surface area contributed by atoms with Crippen molar-refractivity contribution in [2.24, 2.45) is 0 Å². The standard InChI is InChI=1S/C25H27FN4O4/c1-15(2)23-21(8-7-19(31)13-20(32)14-22(33)34)24(16-3-5-17(26)6-4-16)30-25(29-23)28-18-9-11-27-12-10-18/h3-12,15,19-20,31-32H,13-14H2,1-2H3,(H,33,34)(H,27,28,29,30)/b8-7+/t19-,20-/m1/s1. The molecular formula is C25H27FN4O4. The molecule has 2 aromatic heterocycles. The first-order valence-corrected chi connectivity index (χ1v) is 10.8. The molecule has 0 fully saturated rings. The lowest BCUT2D eigenvalue weighted by atomic mass is 9.97. The van der Waals surface area contributed by atoms with Gasteiger partial charge in [-0.05, 0) is 42.3 Å². The number of carbonyl (C=O) groups is 1. The number of aromatic nitrogens is 3. The molecular weight excluding hydrogens is 439 g/mol. The molecule has 2 heterocycles. The predicted molar refractivity (Wildman–Crippen MR) is 127 cm³/mol. The molecule has 0 radical (unpaired) electrons. The molecule has 0 amide bonds. The minimum Gasteiger partial charge on any atom is -0.481 e. The summed E-state index contributed by atoms with van der Waals surface area (Å²) in [6, 6.07) is 9.47. The number of nitrogens with one attached hydrogen (secondary N) is 1. The molecule has 3 rings (SSSR count). The average Bonchev–Trinajstić information content (AvgIpc) is 2.78. The Morgan fingerprint density at radius 3 is 2.38 bits per heavy atom. The van der Waals surface area contributed by atoms with Crippen LogP contribution >= 0.6 is 0 Å². The number of carboxylic acids is 1. The van der Waals surface area contributed by atoms with Crippen molar-refractivity contribution < 1.29 is 24.5 Å². The maximum Gasteiger partial charge on any atom is 0.305 e. The van der Waals surface area contributed by atoms with E-state index >= 15 is 0 Å². The summed E-state index contributed by atoms with van der Waals surface area (Å²) in [5.41, 5.74) is 3.27. The van der Waals surface area contributed by atoms with Gasteiger partial charge < -0.3 is 20.6 Å². The third-order valence-corrected chi connectivity index (χ3v) is 4.98. The summed E-state index contributed by atoms with van der Waals surface area (Å²) < 4.78 is 13.6. The highest BCUT2D eigenvalue weighted by molar-refractivity contribution is 5.75. The number of anilines is 2. The fraction of sp³-hybridized carbons (Fsp3) is 0.280. The Bertz CT molecular complexity index is 1140. The van der Waals surface area contributed by atoms with Crippen LogP contribution < -0.4 is 5.32 Å². The lowest BCUT2D eigenvalue weighted by Crippen LogP contribution is -2.19. The highest BCUT2D eigenvalue weighted by Gasteiger charge is 2.18. The molecule has 2 atom stereocenters. The second-order valence-corrected chi connectivity index (χ2v) is 8.13. The maximum atomic E-state index is 13.6. The zero-order chi connectivity index (χ0) is 24.7. The fourth-order valence-corrected chi connectivity index (χ4v) is 3.39. The van der Waals surface area contributed by atoms with Crippen LogP contribution in [0.3, 0.4) is 0 Å². The van der Waals surface area contributed by atoms with Crippen LogP contribution in [0.15, 0.2) is 54.9 Å². The largest absolute Gasteiger partial charge is 0.481 e. The van der Waals surface area contributed by atoms with Gasteiger partial charge in [-0.25, -0.2) is 14.4 Å². The van der Waals surface area contributed by atoms with E-state index in [9.17, 15) is 19.4 Å². The number of aliphatic hydroxyl groups is 2. The maximum absolute atomic E-state index is 13.6. The van der Waals surface area contributed by atoms with Gasteiger partial charge in [-0.1, -0.05) is 26.0 Å². The molecule has 1 aromatic carbocycles. The van der Waals surface area contributed by atoms with Gasteiger partial charge in [0.2, 0.25) is 5.95 Å². The molecule has 0 bridgehead atoms. The summed E-state index contributed by atoms with van der Waals surface area (Å²) in [6.07, 6.45) is 3.57. The molecule has 9 heteroatoms. The van der Waals surface area contributed by atoms with Crippen molar-refractivity contribution >= 4 is 23.7 Å². The zero-order valence-corrected chi connectivity index (χ0v) is 18.9. The first-order valence-electron chi connectivity index (χ1n) is 10.8. The number of hydrogen-bond donors (Lipinski definition) is 4. The Kier molecular flexibility index (Phi) is 8.39. The molecule has 0 aliphatic rings. The van der Waals surface area contributed by atoms with Gasteiger partial charge in [-0.2, -0.15) is 0 Å². The lowest BCUT2D eigenvalue weighted by molar-refractivity contribution is -0.139. The third-order valence-electron chi connectivity index (χ3n) is 4.98. The first kappa shape index (κ1) is 24.9. The molecule has 8 nitrogen and oxygen atoms in total. The molecule has 0 saturated heterocycles. The lowest BCUT2D eigenvalue weighted by Gasteiger charge is -2.17. The summed E-state index contributed by atoms with van der Waals surface area (Å²) in [5, 5.41) is 32.1. The summed E-state index contributed by atoms with van der Waals surface area (Å²) in [5.74, 6) is -1.19. The average molecular weight is 467 g/mol. The van der Waals surface area contributed by atoms with Crippen LogP contribution in [-0.4, -0.2) is 48.4 Å². The summed E-state index contributed by atoms with van der Waals surface area (Å²) >= 11 is 0. The van der Waals surface area contributed by atoms with E-state index in [0.29, 0.717) is 28.5 Å². The van der Waals surface area contributed by atoms with Crippen LogP contribution in [0.4, 0.5) is 16.0 Å². The van der Waals surface area contributed by atoms with Crippen molar-refractivity contribution in [1.82, 2.24) is 15.0 Å². The Morgan fingerprint density at radius 1 is 1.09 bits per heavy atom. The summed E-state index contributed by atoms with van der Waals surface area (Å²) in [6.45, 7) is 3.94. The molecule has 3 aromatic rings. The summed E-state index contributed by atoms with van der Waals surface area (Å²) in [4.78, 5) is 24.1. The van der Waals surface area contributed by atoms with Crippen LogP contribution in [-0.2, 0) is 4.79 Å². The van der Waals surface area contributed by atoms with Gasteiger partial charge in [0.15, 0.2) is 0 Å². The van der Waals surface area contributed by atoms with E-state index in [1.54, 1.807) is 42.7 Å². The molecule has 0 aliphatic heterocycles. The molecule has 0 spiro atoms. The number of aliphatic carboxylic acids is 1. The third kappa shape index (κ3) is 6.90. The number of hydrogen-bond acceptors (Lipinski definition) is 7. The van der Waals surface area contributed by atoms with Crippen LogP contribution in [0.5, 0.6) is 0 Å². The normalized spacial score (nSPS) is 13.2.